The summed E-state index contributed by atoms with van der Waals surface area (Å²) >= 11 is 7.68. The van der Waals surface area contributed by atoms with Gasteiger partial charge in [-0.05, 0) is 30.8 Å². The third-order valence-corrected chi connectivity index (χ3v) is 6.14. The number of pyridine rings is 1. The average molecular weight is 459 g/mol. The number of likely N-dealkylation sites (N-methyl/N-ethyl adjacent to an activating group) is 1. The molecule has 0 saturated carbocycles. The van der Waals surface area contributed by atoms with E-state index in [0.29, 0.717) is 27.5 Å². The first-order chi connectivity index (χ1) is 15.1. The summed E-state index contributed by atoms with van der Waals surface area (Å²) in [5.74, 6) is 0.296. The number of amides is 1. The average Bonchev–Trinajstić information content (AvgIpc) is 3.28. The summed E-state index contributed by atoms with van der Waals surface area (Å²) < 4.78 is 5.59. The first-order valence-corrected chi connectivity index (χ1v) is 11.4. The zero-order valence-corrected chi connectivity index (χ0v) is 18.7. The third kappa shape index (κ3) is 5.36. The molecule has 1 N–H and O–H groups in total. The van der Waals surface area contributed by atoms with Crippen molar-refractivity contribution in [3.8, 4) is 11.6 Å². The van der Waals surface area contributed by atoms with Crippen LogP contribution in [0.5, 0.6) is 0 Å². The van der Waals surface area contributed by atoms with Crippen LogP contribution >= 0.6 is 23.4 Å². The van der Waals surface area contributed by atoms with Crippen molar-refractivity contribution >= 4 is 40.6 Å². The summed E-state index contributed by atoms with van der Waals surface area (Å²) in [5, 5.41) is 11.9. The molecule has 1 amide bonds. The molecule has 1 aromatic carbocycles. The molecule has 1 saturated heterocycles. The highest BCUT2D eigenvalue weighted by Crippen LogP contribution is 2.35. The highest BCUT2D eigenvalue weighted by Gasteiger charge is 2.21. The minimum absolute atomic E-state index is 0.138. The van der Waals surface area contributed by atoms with Crippen molar-refractivity contribution in [3.05, 3.63) is 47.6 Å². The van der Waals surface area contributed by atoms with Gasteiger partial charge >= 0.3 is 0 Å². The summed E-state index contributed by atoms with van der Waals surface area (Å²) in [6, 6.07) is 11.0. The van der Waals surface area contributed by atoms with Crippen molar-refractivity contribution in [2.45, 2.75) is 12.1 Å². The van der Waals surface area contributed by atoms with E-state index in [1.54, 1.807) is 12.3 Å². The number of piperazine rings is 1. The van der Waals surface area contributed by atoms with Crippen LogP contribution in [0.1, 0.15) is 6.92 Å². The number of para-hydroxylation sites is 1. The predicted molar refractivity (Wildman–Crippen MR) is 123 cm³/mol. The Bertz CT molecular complexity index is 1020. The first kappa shape index (κ1) is 21.6. The van der Waals surface area contributed by atoms with E-state index < -0.39 is 0 Å². The molecule has 0 aliphatic carbocycles. The number of thioether (sulfide) groups is 1. The van der Waals surface area contributed by atoms with Crippen LogP contribution in [0.2, 0.25) is 5.02 Å². The van der Waals surface area contributed by atoms with Gasteiger partial charge in [0.15, 0.2) is 0 Å². The quantitative estimate of drug-likeness (QED) is 0.537. The van der Waals surface area contributed by atoms with Gasteiger partial charge in [-0.25, -0.2) is 0 Å². The maximum atomic E-state index is 12.6. The Morgan fingerprint density at radius 2 is 2.00 bits per heavy atom. The maximum Gasteiger partial charge on any atom is 0.277 e. The van der Waals surface area contributed by atoms with Crippen molar-refractivity contribution in [2.24, 2.45) is 0 Å². The van der Waals surface area contributed by atoms with E-state index in [4.69, 9.17) is 16.0 Å². The van der Waals surface area contributed by atoms with E-state index >= 15 is 0 Å². The second-order valence-corrected chi connectivity index (χ2v) is 8.32. The van der Waals surface area contributed by atoms with E-state index in [9.17, 15) is 4.79 Å². The molecule has 162 valence electrons. The van der Waals surface area contributed by atoms with Gasteiger partial charge in [0.25, 0.3) is 11.1 Å². The summed E-state index contributed by atoms with van der Waals surface area (Å²) in [7, 11) is 0. The summed E-state index contributed by atoms with van der Waals surface area (Å²) in [4.78, 5) is 21.4. The van der Waals surface area contributed by atoms with Crippen molar-refractivity contribution in [1.29, 1.82) is 0 Å². The smallest absolute Gasteiger partial charge is 0.277 e. The third-order valence-electron chi connectivity index (χ3n) is 5.01. The molecule has 2 aromatic heterocycles. The Hall–Kier alpha value is -2.62. The number of halogens is 1. The highest BCUT2D eigenvalue weighted by atomic mass is 35.5. The van der Waals surface area contributed by atoms with Crippen LogP contribution in [0, 0.1) is 0 Å². The molecule has 0 atom stereocenters. The fourth-order valence-corrected chi connectivity index (χ4v) is 4.26. The van der Waals surface area contributed by atoms with Gasteiger partial charge in [0.2, 0.25) is 5.91 Å². The minimum Gasteiger partial charge on any atom is -0.410 e. The number of nitrogens with one attached hydrogen (secondary N) is 1. The summed E-state index contributed by atoms with van der Waals surface area (Å²) in [6.07, 6.45) is 1.66. The molecule has 0 radical (unpaired) electrons. The predicted octanol–water partition coefficient (Wildman–Crippen LogP) is 3.66. The molecule has 3 heterocycles. The SMILES string of the molecule is CCN1CCN(c2c(Cl)cccc2NC(=O)CSc2nnc(-c3ccccn3)o2)CC1. The van der Waals surface area contributed by atoms with Gasteiger partial charge in [0, 0.05) is 32.4 Å². The number of aromatic nitrogens is 3. The zero-order valence-electron chi connectivity index (χ0n) is 17.1. The molecule has 4 rings (SSSR count). The summed E-state index contributed by atoms with van der Waals surface area (Å²) in [5.41, 5.74) is 2.18. The van der Waals surface area contributed by atoms with Crippen molar-refractivity contribution in [2.75, 3.05) is 48.7 Å². The van der Waals surface area contributed by atoms with Gasteiger partial charge in [-0.1, -0.05) is 42.4 Å². The minimum atomic E-state index is -0.168. The highest BCUT2D eigenvalue weighted by molar-refractivity contribution is 7.99. The van der Waals surface area contributed by atoms with Gasteiger partial charge in [0.05, 0.1) is 22.2 Å². The number of benzene rings is 1. The Morgan fingerprint density at radius 3 is 2.74 bits per heavy atom. The van der Waals surface area contributed by atoms with Crippen molar-refractivity contribution in [1.82, 2.24) is 20.1 Å². The van der Waals surface area contributed by atoms with E-state index in [2.05, 4.69) is 37.2 Å². The monoisotopic (exact) mass is 458 g/mol. The molecule has 31 heavy (non-hydrogen) atoms. The van der Waals surface area contributed by atoms with Crippen LogP contribution in [0.3, 0.4) is 0 Å². The molecular weight excluding hydrogens is 436 g/mol. The van der Waals surface area contributed by atoms with Gasteiger partial charge < -0.3 is 19.5 Å². The van der Waals surface area contributed by atoms with Crippen molar-refractivity contribution < 1.29 is 9.21 Å². The van der Waals surface area contributed by atoms with Crippen LogP contribution in [0.25, 0.3) is 11.6 Å². The number of carbonyl (C=O) groups is 1. The lowest BCUT2D eigenvalue weighted by Crippen LogP contribution is -2.46. The van der Waals surface area contributed by atoms with Gasteiger partial charge in [-0.2, -0.15) is 0 Å². The fraction of sp³-hybridized carbons (Fsp3) is 0.333. The lowest BCUT2D eigenvalue weighted by Gasteiger charge is -2.36. The number of nitrogens with zero attached hydrogens (tertiary/aromatic N) is 5. The number of hydrogen-bond donors (Lipinski definition) is 1. The zero-order chi connectivity index (χ0) is 21.6. The van der Waals surface area contributed by atoms with Crippen LogP contribution in [0.4, 0.5) is 11.4 Å². The molecule has 1 aliphatic rings. The lowest BCUT2D eigenvalue weighted by atomic mass is 10.2. The van der Waals surface area contributed by atoms with Crippen LogP contribution in [-0.2, 0) is 4.79 Å². The fourth-order valence-electron chi connectivity index (χ4n) is 3.40. The van der Waals surface area contributed by atoms with Gasteiger partial charge in [0.1, 0.15) is 5.69 Å². The molecule has 1 aliphatic heterocycles. The number of rotatable bonds is 7. The largest absolute Gasteiger partial charge is 0.410 e. The van der Waals surface area contributed by atoms with E-state index in [1.165, 1.54) is 11.8 Å². The van der Waals surface area contributed by atoms with Crippen LogP contribution < -0.4 is 10.2 Å². The van der Waals surface area contributed by atoms with E-state index in [-0.39, 0.29) is 11.7 Å². The first-order valence-electron chi connectivity index (χ1n) is 10.1. The van der Waals surface area contributed by atoms with E-state index in [1.807, 2.05) is 30.3 Å². The van der Waals surface area contributed by atoms with Gasteiger partial charge in [-0.3, -0.25) is 9.78 Å². The lowest BCUT2D eigenvalue weighted by molar-refractivity contribution is -0.113. The topological polar surface area (TPSA) is 87.4 Å². The Kier molecular flexibility index (Phi) is 7.06. The standard InChI is InChI=1S/C21H23ClN6O2S/c1-2-27-10-12-28(13-11-27)19-15(22)6-5-8-16(19)24-18(29)14-31-21-26-25-20(30-21)17-7-3-4-9-23-17/h3-9H,2,10-14H2,1H3,(H,24,29). The molecule has 0 bridgehead atoms. The maximum absolute atomic E-state index is 12.6. The van der Waals surface area contributed by atoms with E-state index in [0.717, 1.165) is 38.4 Å². The van der Waals surface area contributed by atoms with Crippen molar-refractivity contribution in [3.63, 3.8) is 0 Å². The van der Waals surface area contributed by atoms with Crippen LogP contribution in [0.15, 0.2) is 52.2 Å². The Labute approximate surface area is 190 Å². The summed E-state index contributed by atoms with van der Waals surface area (Å²) in [6.45, 7) is 6.88. The number of hydrogen-bond acceptors (Lipinski definition) is 8. The molecular formula is C21H23ClN6O2S. The number of anilines is 2. The Balaban J connectivity index is 1.38. The second-order valence-electron chi connectivity index (χ2n) is 6.98. The molecule has 1 fully saturated rings. The molecule has 0 unspecified atom stereocenters. The number of carbonyl (C=O) groups excluding carboxylic acids is 1. The molecule has 3 aromatic rings. The second kappa shape index (κ2) is 10.1. The van der Waals surface area contributed by atoms with Gasteiger partial charge in [-0.15, -0.1) is 10.2 Å². The molecule has 8 nitrogen and oxygen atoms in total. The normalized spacial score (nSPS) is 14.6. The molecule has 10 heteroatoms. The Morgan fingerprint density at radius 1 is 1.16 bits per heavy atom. The molecule has 0 spiro atoms. The van der Waals surface area contributed by atoms with Crippen LogP contribution in [-0.4, -0.2) is 64.5 Å².